The molecule has 0 amide bonds. The van der Waals surface area contributed by atoms with Gasteiger partial charge in [-0.15, -0.1) is 12.4 Å². The molecule has 88 valence electrons. The van der Waals surface area contributed by atoms with E-state index < -0.39 is 0 Å². The maximum Gasteiger partial charge on any atom is 0.232 e. The van der Waals surface area contributed by atoms with Crippen LogP contribution in [-0.2, 0) is 10.8 Å². The lowest BCUT2D eigenvalue weighted by atomic mass is 10.0. The Labute approximate surface area is 101 Å². The summed E-state index contributed by atoms with van der Waals surface area (Å²) >= 11 is 0. The van der Waals surface area contributed by atoms with Crippen LogP contribution >= 0.6 is 12.4 Å². The minimum Gasteiger partial charge on any atom is -0.339 e. The molecule has 1 heterocycles. The number of nitrogens with zero attached hydrogens (tertiary/aromatic N) is 2. The summed E-state index contributed by atoms with van der Waals surface area (Å²) in [7, 11) is 0. The van der Waals surface area contributed by atoms with Crippen LogP contribution < -0.4 is 0 Å². The Morgan fingerprint density at radius 1 is 1.31 bits per heavy atom. The lowest BCUT2D eigenvalue weighted by Gasteiger charge is -2.04. The van der Waals surface area contributed by atoms with Gasteiger partial charge in [0, 0.05) is 10.8 Å². The van der Waals surface area contributed by atoms with Crippen LogP contribution in [0.4, 0.5) is 0 Å². The molecule has 3 nitrogen and oxygen atoms in total. The average molecular weight is 241 g/mol. The molecule has 0 saturated heterocycles. The van der Waals surface area contributed by atoms with E-state index in [-0.39, 0.29) is 17.8 Å². The second kappa shape index (κ2) is 3.00. The minimum atomic E-state index is 0. The Morgan fingerprint density at radius 3 is 2.69 bits per heavy atom. The Kier molecular flexibility index (Phi) is 1.99. The molecule has 2 atom stereocenters. The molecular weight excluding hydrogens is 224 g/mol. The van der Waals surface area contributed by atoms with Gasteiger partial charge in [0.25, 0.3) is 0 Å². The molecule has 0 N–H and O–H groups in total. The minimum absolute atomic E-state index is 0. The Balaban J connectivity index is 0.000000810. The first-order chi connectivity index (χ1) is 7.23. The third-order valence-corrected chi connectivity index (χ3v) is 4.80. The third-order valence-electron chi connectivity index (χ3n) is 4.80. The van der Waals surface area contributed by atoms with Crippen LogP contribution in [0.3, 0.4) is 0 Å². The van der Waals surface area contributed by atoms with Crippen LogP contribution in [0.25, 0.3) is 0 Å². The van der Waals surface area contributed by atoms with Gasteiger partial charge in [-0.05, 0) is 38.0 Å². The van der Waals surface area contributed by atoms with Gasteiger partial charge < -0.3 is 4.52 Å². The lowest BCUT2D eigenvalue weighted by molar-refractivity contribution is 0.345. The molecule has 3 saturated carbocycles. The standard InChI is InChI=1S/C12H16N2O.ClH/c1-11(5-6-11)10-13-9(14-15-10)12-4-2-3-8(12)7-12;/h8H,2-7H2,1H3;1H. The number of halogens is 1. The van der Waals surface area contributed by atoms with Crippen LogP contribution in [-0.4, -0.2) is 10.1 Å². The second-order valence-electron chi connectivity index (χ2n) is 5.93. The maximum absolute atomic E-state index is 5.43. The molecule has 3 aliphatic rings. The molecule has 0 radical (unpaired) electrons. The monoisotopic (exact) mass is 240 g/mol. The topological polar surface area (TPSA) is 38.9 Å². The van der Waals surface area contributed by atoms with Gasteiger partial charge in [-0.2, -0.15) is 4.98 Å². The molecule has 1 aromatic rings. The fourth-order valence-corrected chi connectivity index (χ4v) is 3.19. The molecular formula is C12H17ClN2O. The van der Waals surface area contributed by atoms with Gasteiger partial charge in [-0.1, -0.05) is 18.5 Å². The molecule has 0 bridgehead atoms. The second-order valence-corrected chi connectivity index (χ2v) is 5.93. The zero-order valence-corrected chi connectivity index (χ0v) is 10.3. The van der Waals surface area contributed by atoms with Crippen molar-refractivity contribution in [3.63, 3.8) is 0 Å². The summed E-state index contributed by atoms with van der Waals surface area (Å²) in [5.74, 6) is 2.78. The van der Waals surface area contributed by atoms with Crippen molar-refractivity contribution in [2.24, 2.45) is 5.92 Å². The van der Waals surface area contributed by atoms with Gasteiger partial charge >= 0.3 is 0 Å². The number of hydrogen-bond donors (Lipinski definition) is 0. The summed E-state index contributed by atoms with van der Waals surface area (Å²) < 4.78 is 5.43. The lowest BCUT2D eigenvalue weighted by Crippen LogP contribution is -2.08. The van der Waals surface area contributed by atoms with Gasteiger partial charge in [-0.3, -0.25) is 0 Å². The highest BCUT2D eigenvalue weighted by Gasteiger charge is 2.61. The van der Waals surface area contributed by atoms with Crippen molar-refractivity contribution in [1.29, 1.82) is 0 Å². The predicted octanol–water partition coefficient (Wildman–Crippen LogP) is 2.98. The molecule has 2 unspecified atom stereocenters. The van der Waals surface area contributed by atoms with Gasteiger partial charge in [0.2, 0.25) is 5.89 Å². The molecule has 3 aliphatic carbocycles. The molecule has 1 aromatic heterocycles. The van der Waals surface area contributed by atoms with Crippen LogP contribution in [0.2, 0.25) is 0 Å². The Bertz CT molecular complexity index is 426. The van der Waals surface area contributed by atoms with Crippen molar-refractivity contribution in [1.82, 2.24) is 10.1 Å². The van der Waals surface area contributed by atoms with Crippen LogP contribution in [0.1, 0.15) is 57.2 Å². The number of rotatable bonds is 2. The maximum atomic E-state index is 5.43. The van der Waals surface area contributed by atoms with Crippen molar-refractivity contribution in [3.8, 4) is 0 Å². The van der Waals surface area contributed by atoms with Gasteiger partial charge in [0.05, 0.1) is 0 Å². The van der Waals surface area contributed by atoms with E-state index in [9.17, 15) is 0 Å². The van der Waals surface area contributed by atoms with E-state index >= 15 is 0 Å². The van der Waals surface area contributed by atoms with Crippen molar-refractivity contribution in [2.75, 3.05) is 0 Å². The first-order valence-electron chi connectivity index (χ1n) is 6.08. The van der Waals surface area contributed by atoms with E-state index in [0.717, 1.165) is 17.6 Å². The Hall–Kier alpha value is -0.570. The van der Waals surface area contributed by atoms with E-state index in [2.05, 4.69) is 17.1 Å². The quantitative estimate of drug-likeness (QED) is 0.798. The zero-order chi connectivity index (χ0) is 10.1. The fourth-order valence-electron chi connectivity index (χ4n) is 3.19. The van der Waals surface area contributed by atoms with Crippen molar-refractivity contribution >= 4 is 12.4 Å². The smallest absolute Gasteiger partial charge is 0.232 e. The summed E-state index contributed by atoms with van der Waals surface area (Å²) in [6.07, 6.45) is 7.75. The molecule has 16 heavy (non-hydrogen) atoms. The zero-order valence-electron chi connectivity index (χ0n) is 9.53. The summed E-state index contributed by atoms with van der Waals surface area (Å²) in [5, 5.41) is 4.23. The highest BCUT2D eigenvalue weighted by atomic mass is 35.5. The molecule has 0 aliphatic heterocycles. The largest absolute Gasteiger partial charge is 0.339 e. The SMILES string of the molecule is CC1(c2nc(C34CCCC3C4)no2)CC1.Cl. The summed E-state index contributed by atoms with van der Waals surface area (Å²) in [6.45, 7) is 2.22. The first kappa shape index (κ1) is 10.6. The predicted molar refractivity (Wildman–Crippen MR) is 61.8 cm³/mol. The fraction of sp³-hybridized carbons (Fsp3) is 0.833. The van der Waals surface area contributed by atoms with Crippen LogP contribution in [0.5, 0.6) is 0 Å². The molecule has 4 heteroatoms. The molecule has 0 spiro atoms. The average Bonchev–Trinajstić information content (AvgIpc) is 3.02. The molecule has 4 rings (SSSR count). The number of fused-ring (bicyclic) bond motifs is 1. The first-order valence-corrected chi connectivity index (χ1v) is 6.08. The van der Waals surface area contributed by atoms with E-state index in [1.807, 2.05) is 0 Å². The van der Waals surface area contributed by atoms with Crippen LogP contribution in [0, 0.1) is 5.92 Å². The number of aromatic nitrogens is 2. The van der Waals surface area contributed by atoms with E-state index in [1.54, 1.807) is 0 Å². The Morgan fingerprint density at radius 2 is 2.12 bits per heavy atom. The summed E-state index contributed by atoms with van der Waals surface area (Å²) in [6, 6.07) is 0. The normalized spacial score (nSPS) is 37.7. The highest BCUT2D eigenvalue weighted by Crippen LogP contribution is 2.63. The summed E-state index contributed by atoms with van der Waals surface area (Å²) in [4.78, 5) is 4.66. The van der Waals surface area contributed by atoms with E-state index in [4.69, 9.17) is 4.52 Å². The molecule has 3 fully saturated rings. The van der Waals surface area contributed by atoms with Crippen molar-refractivity contribution in [2.45, 2.75) is 56.3 Å². The number of hydrogen-bond acceptors (Lipinski definition) is 3. The third kappa shape index (κ3) is 1.21. The van der Waals surface area contributed by atoms with Gasteiger partial charge in [0.1, 0.15) is 0 Å². The van der Waals surface area contributed by atoms with Gasteiger partial charge in [0.15, 0.2) is 5.82 Å². The summed E-state index contributed by atoms with van der Waals surface area (Å²) in [5.41, 5.74) is 0.581. The van der Waals surface area contributed by atoms with Crippen LogP contribution in [0.15, 0.2) is 4.52 Å². The highest BCUT2D eigenvalue weighted by molar-refractivity contribution is 5.85. The van der Waals surface area contributed by atoms with E-state index in [1.165, 1.54) is 38.5 Å². The van der Waals surface area contributed by atoms with Crippen molar-refractivity contribution in [3.05, 3.63) is 11.7 Å². The molecule has 0 aromatic carbocycles. The van der Waals surface area contributed by atoms with E-state index in [0.29, 0.717) is 5.41 Å². The van der Waals surface area contributed by atoms with Gasteiger partial charge in [-0.25, -0.2) is 0 Å². The van der Waals surface area contributed by atoms with Crippen molar-refractivity contribution < 1.29 is 4.52 Å².